The lowest BCUT2D eigenvalue weighted by atomic mass is 9.53. The predicted octanol–water partition coefficient (Wildman–Crippen LogP) is 6.58. The molecule has 5 nitrogen and oxygen atoms in total. The highest BCUT2D eigenvalue weighted by Gasteiger charge is 2.87. The molecule has 0 saturated heterocycles. The van der Waals surface area contributed by atoms with Crippen LogP contribution in [-0.2, 0) is 19.1 Å². The number of hydrogen-bond donors (Lipinski definition) is 1. The van der Waals surface area contributed by atoms with Crippen LogP contribution in [-0.4, -0.2) is 28.7 Å². The van der Waals surface area contributed by atoms with Crippen molar-refractivity contribution in [3.63, 3.8) is 0 Å². The first-order valence-corrected chi connectivity index (χ1v) is 14.1. The lowest BCUT2D eigenvalue weighted by Gasteiger charge is -2.54. The Morgan fingerprint density at radius 1 is 1.14 bits per heavy atom. The number of Topliss-reactive ketones (excluding diaryl/α,β-unsaturated/α-hetero) is 2. The van der Waals surface area contributed by atoms with E-state index in [9.17, 15) is 19.5 Å². The quantitative estimate of drug-likeness (QED) is 0.142. The van der Waals surface area contributed by atoms with E-state index in [1.54, 1.807) is 0 Å². The molecular formula is C31H42O5. The van der Waals surface area contributed by atoms with Gasteiger partial charge in [0.15, 0.2) is 5.76 Å². The third-order valence-corrected chi connectivity index (χ3v) is 11.1. The van der Waals surface area contributed by atoms with Crippen LogP contribution in [0.1, 0.15) is 99.3 Å². The number of rotatable bonds is 7. The number of carbonyl (C=O) groups is 3. The first-order valence-electron chi connectivity index (χ1n) is 14.1. The smallest absolute Gasteiger partial charge is 0.342 e. The van der Waals surface area contributed by atoms with Gasteiger partial charge in [-0.1, -0.05) is 59.1 Å². The minimum atomic E-state index is -0.669. The molecule has 0 radical (unpaired) electrons. The van der Waals surface area contributed by atoms with Gasteiger partial charge in [0.05, 0.1) is 5.57 Å². The number of allylic oxidation sites excluding steroid dienone is 4. The van der Waals surface area contributed by atoms with Crippen molar-refractivity contribution in [3.05, 3.63) is 34.1 Å². The van der Waals surface area contributed by atoms with Crippen LogP contribution in [0, 0.1) is 34.0 Å². The fourth-order valence-corrected chi connectivity index (χ4v) is 8.84. The fraction of sp³-hybridized carbons (Fsp3) is 0.710. The summed E-state index contributed by atoms with van der Waals surface area (Å²) in [5.41, 5.74) is 1.67. The van der Waals surface area contributed by atoms with Gasteiger partial charge in [0, 0.05) is 16.9 Å². The van der Waals surface area contributed by atoms with E-state index >= 15 is 0 Å². The van der Waals surface area contributed by atoms with Gasteiger partial charge in [-0.25, -0.2) is 4.79 Å². The van der Waals surface area contributed by atoms with Crippen molar-refractivity contribution in [1.29, 1.82) is 0 Å². The molecular weight excluding hydrogens is 452 g/mol. The minimum absolute atomic E-state index is 0.0694. The van der Waals surface area contributed by atoms with Crippen LogP contribution in [0.5, 0.6) is 0 Å². The normalized spacial score (nSPS) is 38.9. The molecule has 5 aliphatic carbocycles. The van der Waals surface area contributed by atoms with Gasteiger partial charge in [0.25, 0.3) is 0 Å². The summed E-state index contributed by atoms with van der Waals surface area (Å²) < 4.78 is 6.11. The summed E-state index contributed by atoms with van der Waals surface area (Å²) in [6.07, 6.45) is 9.40. The van der Waals surface area contributed by atoms with Crippen LogP contribution in [0.15, 0.2) is 34.1 Å². The molecule has 196 valence electrons. The molecule has 3 fully saturated rings. The average molecular weight is 495 g/mol. The maximum Gasteiger partial charge on any atom is 0.342 e. The molecule has 0 aliphatic heterocycles. The van der Waals surface area contributed by atoms with E-state index in [-0.39, 0.29) is 50.9 Å². The topological polar surface area (TPSA) is 80.7 Å². The van der Waals surface area contributed by atoms with Crippen molar-refractivity contribution in [2.45, 2.75) is 105 Å². The van der Waals surface area contributed by atoms with Gasteiger partial charge in [-0.05, 0) is 74.5 Å². The average Bonchev–Trinajstić information content (AvgIpc) is 3.21. The number of unbranched alkanes of at least 4 members (excludes halogenated alkanes) is 2. The molecule has 5 heteroatoms. The van der Waals surface area contributed by atoms with Gasteiger partial charge in [-0.15, -0.1) is 0 Å². The molecule has 1 spiro atoms. The van der Waals surface area contributed by atoms with Gasteiger partial charge in [0.1, 0.15) is 11.7 Å². The maximum atomic E-state index is 13.9. The van der Waals surface area contributed by atoms with Crippen molar-refractivity contribution in [3.8, 4) is 0 Å². The van der Waals surface area contributed by atoms with Gasteiger partial charge in [-0.2, -0.15) is 0 Å². The van der Waals surface area contributed by atoms with Gasteiger partial charge in [-0.3, -0.25) is 9.59 Å². The summed E-state index contributed by atoms with van der Waals surface area (Å²) in [5.74, 6) is -1.82. The second-order valence-corrected chi connectivity index (χ2v) is 13.1. The number of esters is 1. The van der Waals surface area contributed by atoms with Crippen molar-refractivity contribution in [1.82, 2.24) is 0 Å². The number of aliphatic hydroxyl groups is 1. The summed E-state index contributed by atoms with van der Waals surface area (Å²) >= 11 is 0. The van der Waals surface area contributed by atoms with Crippen molar-refractivity contribution in [2.24, 2.45) is 34.0 Å². The first kappa shape index (κ1) is 25.5. The zero-order valence-electron chi connectivity index (χ0n) is 22.8. The second-order valence-electron chi connectivity index (χ2n) is 13.1. The van der Waals surface area contributed by atoms with Crippen molar-refractivity contribution >= 4 is 17.5 Å². The molecule has 0 heterocycles. The molecule has 0 bridgehead atoms. The molecule has 5 unspecified atom stereocenters. The highest BCUT2D eigenvalue weighted by atomic mass is 16.5. The lowest BCUT2D eigenvalue weighted by molar-refractivity contribution is -0.185. The minimum Gasteiger partial charge on any atom is -0.504 e. The lowest BCUT2D eigenvalue weighted by Crippen LogP contribution is -2.56. The van der Waals surface area contributed by atoms with Crippen LogP contribution >= 0.6 is 0 Å². The van der Waals surface area contributed by atoms with Crippen LogP contribution in [0.4, 0.5) is 0 Å². The van der Waals surface area contributed by atoms with Gasteiger partial charge < -0.3 is 9.84 Å². The van der Waals surface area contributed by atoms with E-state index in [1.165, 1.54) is 0 Å². The Kier molecular flexibility index (Phi) is 5.96. The number of ether oxygens (including phenoxy) is 1. The Hall–Kier alpha value is -2.17. The number of aliphatic hydroxyl groups excluding tert-OH is 1. The van der Waals surface area contributed by atoms with E-state index in [1.807, 2.05) is 19.9 Å². The summed E-state index contributed by atoms with van der Waals surface area (Å²) in [6, 6.07) is 0. The van der Waals surface area contributed by atoms with E-state index in [0.717, 1.165) is 50.5 Å². The maximum absolute atomic E-state index is 13.9. The van der Waals surface area contributed by atoms with E-state index in [0.29, 0.717) is 18.8 Å². The highest BCUT2D eigenvalue weighted by Crippen LogP contribution is 2.90. The third-order valence-electron chi connectivity index (χ3n) is 11.1. The van der Waals surface area contributed by atoms with Crippen LogP contribution in [0.2, 0.25) is 0 Å². The molecule has 5 aliphatic rings. The van der Waals surface area contributed by atoms with Gasteiger partial charge >= 0.3 is 5.97 Å². The molecule has 0 aromatic heterocycles. The molecule has 0 aromatic rings. The first-order chi connectivity index (χ1) is 16.9. The standard InChI is InChI=1S/C31H42O5/c1-7-8-9-10-19-24(26(33)23(27(34)25(19)32)20-15-17(2)11-12-18(20)3)28(35)36-22-16-31-21(29(31,4)5)13-14-30(22,31)6/h15,18,20-22,34H,7-14,16H2,1-6H3/t18?,20-,21?,22?,30?,31?/m1/s1. The summed E-state index contributed by atoms with van der Waals surface area (Å²) in [5, 5.41) is 11.0. The monoisotopic (exact) mass is 494 g/mol. The Morgan fingerprint density at radius 3 is 2.53 bits per heavy atom. The summed E-state index contributed by atoms with van der Waals surface area (Å²) in [7, 11) is 0. The third kappa shape index (κ3) is 3.23. The molecule has 6 atom stereocenters. The Bertz CT molecular complexity index is 1120. The largest absolute Gasteiger partial charge is 0.504 e. The van der Waals surface area contributed by atoms with Crippen molar-refractivity contribution in [2.75, 3.05) is 0 Å². The molecule has 5 rings (SSSR count). The fourth-order valence-electron chi connectivity index (χ4n) is 8.84. The summed E-state index contributed by atoms with van der Waals surface area (Å²) in [6.45, 7) is 13.0. The van der Waals surface area contributed by atoms with Crippen LogP contribution < -0.4 is 0 Å². The van der Waals surface area contributed by atoms with Crippen LogP contribution in [0.3, 0.4) is 0 Å². The predicted molar refractivity (Wildman–Crippen MR) is 138 cm³/mol. The zero-order valence-corrected chi connectivity index (χ0v) is 22.8. The van der Waals surface area contributed by atoms with E-state index in [4.69, 9.17) is 4.74 Å². The number of ketones is 2. The number of hydrogen-bond acceptors (Lipinski definition) is 5. The number of carbonyl (C=O) groups excluding carboxylic acids is 3. The molecule has 1 N–H and O–H groups in total. The SMILES string of the molecule is CCCCCC1=C(C(=O)OC2CC34C(CCC23C)C4(C)C)C(=O)C([C@@H]2C=C(C)CCC2C)=C(O)C1=O. The molecule has 3 saturated carbocycles. The summed E-state index contributed by atoms with van der Waals surface area (Å²) in [4.78, 5) is 41.1. The molecule has 0 aromatic carbocycles. The second kappa shape index (κ2) is 8.43. The highest BCUT2D eigenvalue weighted by molar-refractivity contribution is 6.34. The Balaban J connectivity index is 1.46. The molecule has 0 amide bonds. The Morgan fingerprint density at radius 2 is 1.86 bits per heavy atom. The Labute approximate surface area is 215 Å². The van der Waals surface area contributed by atoms with Crippen LogP contribution in [0.25, 0.3) is 0 Å². The molecule has 36 heavy (non-hydrogen) atoms. The van der Waals surface area contributed by atoms with Crippen molar-refractivity contribution < 1.29 is 24.2 Å². The van der Waals surface area contributed by atoms with Gasteiger partial charge in [0.2, 0.25) is 11.6 Å². The van der Waals surface area contributed by atoms with E-state index in [2.05, 4.69) is 27.7 Å². The zero-order chi connectivity index (χ0) is 26.2. The van der Waals surface area contributed by atoms with E-state index < -0.39 is 23.3 Å².